The number of benzene rings is 3. The van der Waals surface area contributed by atoms with Crippen molar-refractivity contribution >= 4 is 28.4 Å². The summed E-state index contributed by atoms with van der Waals surface area (Å²) in [6.07, 6.45) is 2.18. The maximum absolute atomic E-state index is 13.4. The van der Waals surface area contributed by atoms with Crippen molar-refractivity contribution in [1.82, 2.24) is 4.57 Å². The van der Waals surface area contributed by atoms with Crippen LogP contribution in [0.1, 0.15) is 23.5 Å². The highest BCUT2D eigenvalue weighted by atomic mass is 16.5. The molecule has 5 rings (SSSR count). The molecule has 0 N–H and O–H groups in total. The van der Waals surface area contributed by atoms with E-state index in [1.54, 1.807) is 25.3 Å². The van der Waals surface area contributed by atoms with Gasteiger partial charge in [-0.25, -0.2) is 4.90 Å². The predicted octanol–water partition coefficient (Wildman–Crippen LogP) is 4.75. The second-order valence-electron chi connectivity index (χ2n) is 7.71. The molecule has 2 heterocycles. The molecule has 0 spiro atoms. The Balaban J connectivity index is 1.56. The zero-order chi connectivity index (χ0) is 21.4. The number of aromatic nitrogens is 1. The van der Waals surface area contributed by atoms with E-state index >= 15 is 0 Å². The molecule has 4 aromatic rings. The molecule has 1 saturated heterocycles. The van der Waals surface area contributed by atoms with E-state index in [0.29, 0.717) is 18.0 Å². The van der Waals surface area contributed by atoms with Crippen LogP contribution in [0.3, 0.4) is 0 Å². The van der Waals surface area contributed by atoms with Gasteiger partial charge in [0.2, 0.25) is 11.8 Å². The van der Waals surface area contributed by atoms with Gasteiger partial charge in [-0.3, -0.25) is 9.59 Å². The number of nitrogens with zero attached hydrogens (tertiary/aromatic N) is 2. The lowest BCUT2D eigenvalue weighted by atomic mass is 9.97. The summed E-state index contributed by atoms with van der Waals surface area (Å²) in [6, 6.07) is 25.4. The SMILES string of the molecule is COc1ccccc1N1C(=O)CC(c2cn(Cc3ccccc3)c3ccccc23)C1=O. The highest BCUT2D eigenvalue weighted by molar-refractivity contribution is 6.24. The lowest BCUT2D eigenvalue weighted by Gasteiger charge is -2.17. The van der Waals surface area contributed by atoms with Gasteiger partial charge >= 0.3 is 0 Å². The summed E-state index contributed by atoms with van der Waals surface area (Å²) in [5, 5.41) is 1.01. The van der Waals surface area contributed by atoms with Crippen molar-refractivity contribution in [3.63, 3.8) is 0 Å². The van der Waals surface area contributed by atoms with Crippen molar-refractivity contribution < 1.29 is 14.3 Å². The van der Waals surface area contributed by atoms with Crippen molar-refractivity contribution in [2.75, 3.05) is 12.0 Å². The molecule has 3 aromatic carbocycles. The zero-order valence-electron chi connectivity index (χ0n) is 17.2. The lowest BCUT2D eigenvalue weighted by molar-refractivity contribution is -0.121. The number of fused-ring (bicyclic) bond motifs is 1. The molecule has 1 aliphatic rings. The minimum atomic E-state index is -0.515. The van der Waals surface area contributed by atoms with E-state index in [2.05, 4.69) is 22.8 Å². The number of methoxy groups -OCH3 is 1. The van der Waals surface area contributed by atoms with Crippen LogP contribution in [0.5, 0.6) is 5.75 Å². The third-order valence-corrected chi connectivity index (χ3v) is 5.86. The number of rotatable bonds is 5. The van der Waals surface area contributed by atoms with Crippen molar-refractivity contribution in [2.24, 2.45) is 0 Å². The van der Waals surface area contributed by atoms with E-state index in [1.165, 1.54) is 10.5 Å². The Bertz CT molecular complexity index is 1280. The van der Waals surface area contributed by atoms with Crippen molar-refractivity contribution in [3.8, 4) is 5.75 Å². The average molecular weight is 410 g/mol. The van der Waals surface area contributed by atoms with Crippen LogP contribution in [0.4, 0.5) is 5.69 Å². The fourth-order valence-corrected chi connectivity index (χ4v) is 4.41. The van der Waals surface area contributed by atoms with E-state index in [-0.39, 0.29) is 18.2 Å². The molecule has 5 heteroatoms. The van der Waals surface area contributed by atoms with Gasteiger partial charge in [0.15, 0.2) is 0 Å². The predicted molar refractivity (Wildman–Crippen MR) is 120 cm³/mol. The molecule has 31 heavy (non-hydrogen) atoms. The minimum absolute atomic E-state index is 0.149. The Morgan fingerprint density at radius 3 is 2.42 bits per heavy atom. The molecule has 1 fully saturated rings. The monoisotopic (exact) mass is 410 g/mol. The van der Waals surface area contributed by atoms with Crippen LogP contribution >= 0.6 is 0 Å². The molecule has 2 amide bonds. The number of imide groups is 1. The fourth-order valence-electron chi connectivity index (χ4n) is 4.41. The molecule has 1 aliphatic heterocycles. The van der Waals surface area contributed by atoms with Crippen LogP contribution in [-0.2, 0) is 16.1 Å². The second kappa shape index (κ2) is 7.76. The Morgan fingerprint density at radius 2 is 1.61 bits per heavy atom. The number of anilines is 1. The molecule has 0 aliphatic carbocycles. The van der Waals surface area contributed by atoms with Gasteiger partial charge in [-0.2, -0.15) is 0 Å². The zero-order valence-corrected chi connectivity index (χ0v) is 17.2. The van der Waals surface area contributed by atoms with E-state index in [1.807, 2.05) is 48.7 Å². The Kier molecular flexibility index (Phi) is 4.79. The van der Waals surface area contributed by atoms with Gasteiger partial charge in [0, 0.05) is 30.1 Å². The summed E-state index contributed by atoms with van der Waals surface area (Å²) in [6.45, 7) is 0.701. The van der Waals surface area contributed by atoms with Gasteiger partial charge in [-0.1, -0.05) is 60.7 Å². The molecule has 1 unspecified atom stereocenters. The molecule has 154 valence electrons. The standard InChI is InChI=1S/C26H22N2O3/c1-31-24-14-8-7-13-23(24)28-25(29)15-20(26(28)30)21-17-27(16-18-9-3-2-4-10-18)22-12-6-5-11-19(21)22/h2-14,17,20H,15-16H2,1H3. The summed E-state index contributed by atoms with van der Waals surface area (Å²) in [4.78, 5) is 27.6. The third-order valence-electron chi connectivity index (χ3n) is 5.86. The number of amides is 2. The molecule has 0 saturated carbocycles. The summed E-state index contributed by atoms with van der Waals surface area (Å²) in [7, 11) is 1.54. The number of carbonyl (C=O) groups is 2. The first kappa shape index (κ1) is 19.1. The molecule has 0 radical (unpaired) electrons. The highest BCUT2D eigenvalue weighted by Gasteiger charge is 2.42. The maximum Gasteiger partial charge on any atom is 0.242 e. The Hall–Kier alpha value is -3.86. The van der Waals surface area contributed by atoms with Crippen LogP contribution in [-0.4, -0.2) is 23.5 Å². The first-order valence-corrected chi connectivity index (χ1v) is 10.3. The smallest absolute Gasteiger partial charge is 0.242 e. The Morgan fingerprint density at radius 1 is 0.903 bits per heavy atom. The van der Waals surface area contributed by atoms with Crippen LogP contribution in [0.2, 0.25) is 0 Å². The molecule has 1 aromatic heterocycles. The molecular weight excluding hydrogens is 388 g/mol. The second-order valence-corrected chi connectivity index (χ2v) is 7.71. The van der Waals surface area contributed by atoms with Crippen LogP contribution in [0.15, 0.2) is 85.1 Å². The van der Waals surface area contributed by atoms with E-state index in [4.69, 9.17) is 4.74 Å². The highest BCUT2D eigenvalue weighted by Crippen LogP contribution is 2.40. The maximum atomic E-state index is 13.4. The van der Waals surface area contributed by atoms with E-state index in [0.717, 1.165) is 16.5 Å². The summed E-state index contributed by atoms with van der Waals surface area (Å²) < 4.78 is 7.54. The largest absolute Gasteiger partial charge is 0.495 e. The number of hydrogen-bond acceptors (Lipinski definition) is 3. The quantitative estimate of drug-likeness (QED) is 0.447. The van der Waals surface area contributed by atoms with Crippen molar-refractivity contribution in [3.05, 3.63) is 96.2 Å². The van der Waals surface area contributed by atoms with Crippen molar-refractivity contribution in [2.45, 2.75) is 18.9 Å². The third kappa shape index (κ3) is 3.28. The normalized spacial score (nSPS) is 16.3. The lowest BCUT2D eigenvalue weighted by Crippen LogP contribution is -2.30. The minimum Gasteiger partial charge on any atom is -0.495 e. The average Bonchev–Trinajstić information content (AvgIpc) is 3.31. The van der Waals surface area contributed by atoms with Crippen molar-refractivity contribution in [1.29, 1.82) is 0 Å². The fraction of sp³-hybridized carbons (Fsp3) is 0.154. The van der Waals surface area contributed by atoms with Gasteiger partial charge in [0.25, 0.3) is 0 Å². The first-order valence-electron chi connectivity index (χ1n) is 10.3. The van der Waals surface area contributed by atoms with E-state index < -0.39 is 5.92 Å². The van der Waals surface area contributed by atoms with Crippen LogP contribution in [0, 0.1) is 0 Å². The molecular formula is C26H22N2O3. The topological polar surface area (TPSA) is 51.5 Å². The van der Waals surface area contributed by atoms with Gasteiger partial charge < -0.3 is 9.30 Å². The van der Waals surface area contributed by atoms with Crippen LogP contribution in [0.25, 0.3) is 10.9 Å². The Labute approximate surface area is 180 Å². The number of ether oxygens (including phenoxy) is 1. The summed E-state index contributed by atoms with van der Waals surface area (Å²) in [5.41, 5.74) is 3.62. The molecule has 0 bridgehead atoms. The number of hydrogen-bond donors (Lipinski definition) is 0. The van der Waals surface area contributed by atoms with Gasteiger partial charge in [-0.05, 0) is 29.3 Å². The number of para-hydroxylation sites is 3. The summed E-state index contributed by atoms with van der Waals surface area (Å²) >= 11 is 0. The van der Waals surface area contributed by atoms with Crippen LogP contribution < -0.4 is 9.64 Å². The van der Waals surface area contributed by atoms with Gasteiger partial charge in [-0.15, -0.1) is 0 Å². The summed E-state index contributed by atoms with van der Waals surface area (Å²) in [5.74, 6) is -0.424. The number of carbonyl (C=O) groups excluding carboxylic acids is 2. The molecule has 5 nitrogen and oxygen atoms in total. The van der Waals surface area contributed by atoms with Gasteiger partial charge in [0.1, 0.15) is 5.75 Å². The molecule has 1 atom stereocenters. The van der Waals surface area contributed by atoms with E-state index in [9.17, 15) is 9.59 Å². The first-order chi connectivity index (χ1) is 15.2. The van der Waals surface area contributed by atoms with Gasteiger partial charge in [0.05, 0.1) is 18.7 Å².